The molecule has 2 aliphatic heterocycles. The number of Topliss-reactive ketones (excluding diaryl/α,β-unsaturated/α-hetero) is 1. The van der Waals surface area contributed by atoms with Crippen LogP contribution in [-0.4, -0.2) is 34.9 Å². The lowest BCUT2D eigenvalue weighted by Crippen LogP contribution is -2.32. The second-order valence-electron chi connectivity index (χ2n) is 8.20. The van der Waals surface area contributed by atoms with Crippen LogP contribution in [0, 0.1) is 5.92 Å². The van der Waals surface area contributed by atoms with Gasteiger partial charge in [0.25, 0.3) is 5.91 Å². The molecule has 2 aliphatic rings. The van der Waals surface area contributed by atoms with Crippen molar-refractivity contribution in [3.05, 3.63) is 65.7 Å². The molecule has 1 atom stereocenters. The molecule has 3 heterocycles. The van der Waals surface area contributed by atoms with Gasteiger partial charge in [0.2, 0.25) is 0 Å². The van der Waals surface area contributed by atoms with Gasteiger partial charge in [0.1, 0.15) is 0 Å². The van der Waals surface area contributed by atoms with Gasteiger partial charge in [-0.25, -0.2) is 0 Å². The van der Waals surface area contributed by atoms with Crippen LogP contribution in [0.25, 0.3) is 0 Å². The minimum Gasteiger partial charge on any atom is -0.503 e. The predicted molar refractivity (Wildman–Crippen MR) is 116 cm³/mol. The van der Waals surface area contributed by atoms with Gasteiger partial charge in [-0.15, -0.1) is 0 Å². The highest BCUT2D eigenvalue weighted by atomic mass is 16.3. The number of carbonyl (C=O) groups is 2. The van der Waals surface area contributed by atoms with Crippen LogP contribution in [0.15, 0.2) is 60.1 Å². The van der Waals surface area contributed by atoms with Crippen molar-refractivity contribution < 1.29 is 14.7 Å². The number of piperidine rings is 1. The van der Waals surface area contributed by atoms with Crippen molar-refractivity contribution in [1.82, 2.24) is 4.98 Å². The zero-order valence-corrected chi connectivity index (χ0v) is 17.4. The zero-order chi connectivity index (χ0) is 21.3. The first-order valence-corrected chi connectivity index (χ1v) is 10.5. The van der Waals surface area contributed by atoms with Crippen molar-refractivity contribution in [3.63, 3.8) is 0 Å². The van der Waals surface area contributed by atoms with Gasteiger partial charge in [-0.3, -0.25) is 19.5 Å². The van der Waals surface area contributed by atoms with E-state index in [-0.39, 0.29) is 17.3 Å². The number of hydrogen-bond donors (Lipinski definition) is 1. The first-order valence-electron chi connectivity index (χ1n) is 10.5. The monoisotopic (exact) mass is 405 g/mol. The van der Waals surface area contributed by atoms with E-state index in [9.17, 15) is 14.7 Å². The van der Waals surface area contributed by atoms with Crippen molar-refractivity contribution in [2.45, 2.75) is 39.2 Å². The summed E-state index contributed by atoms with van der Waals surface area (Å²) in [5.74, 6) is -1.57. The number of hydrogen-bond acceptors (Lipinski definition) is 5. The third kappa shape index (κ3) is 3.58. The summed E-state index contributed by atoms with van der Waals surface area (Å²) in [5.41, 5.74) is 2.68. The highest BCUT2D eigenvalue weighted by Crippen LogP contribution is 2.42. The summed E-state index contributed by atoms with van der Waals surface area (Å²) in [4.78, 5) is 33.9. The van der Waals surface area contributed by atoms with Gasteiger partial charge in [-0.05, 0) is 61.2 Å². The number of anilines is 2. The first kappa shape index (κ1) is 20.1. The summed E-state index contributed by atoms with van der Waals surface area (Å²) >= 11 is 0. The van der Waals surface area contributed by atoms with Gasteiger partial charge < -0.3 is 10.0 Å². The smallest absolute Gasteiger partial charge is 0.294 e. The van der Waals surface area contributed by atoms with Crippen molar-refractivity contribution in [3.8, 4) is 0 Å². The van der Waals surface area contributed by atoms with Crippen LogP contribution in [-0.2, 0) is 9.59 Å². The van der Waals surface area contributed by atoms with E-state index in [0.717, 1.165) is 24.3 Å². The molecular formula is C24H27N3O3. The van der Waals surface area contributed by atoms with Gasteiger partial charge in [-0.2, -0.15) is 0 Å². The van der Waals surface area contributed by atoms with Gasteiger partial charge in [0.05, 0.1) is 11.6 Å². The molecule has 4 rings (SSSR count). The van der Waals surface area contributed by atoms with E-state index in [1.165, 1.54) is 24.2 Å². The van der Waals surface area contributed by atoms with Gasteiger partial charge in [0.15, 0.2) is 11.5 Å². The van der Waals surface area contributed by atoms with E-state index in [1.54, 1.807) is 38.4 Å². The molecule has 1 fully saturated rings. The summed E-state index contributed by atoms with van der Waals surface area (Å²) in [6.07, 6.45) is 6.90. The summed E-state index contributed by atoms with van der Waals surface area (Å²) in [6.45, 7) is 5.62. The average Bonchev–Trinajstić information content (AvgIpc) is 3.05. The Hall–Kier alpha value is -3.15. The van der Waals surface area contributed by atoms with Crippen LogP contribution in [0.5, 0.6) is 0 Å². The summed E-state index contributed by atoms with van der Waals surface area (Å²) in [5, 5.41) is 10.6. The molecule has 156 valence electrons. The maximum absolute atomic E-state index is 13.1. The van der Waals surface area contributed by atoms with E-state index in [0.29, 0.717) is 5.69 Å². The van der Waals surface area contributed by atoms with Crippen molar-refractivity contribution in [2.24, 2.45) is 5.92 Å². The van der Waals surface area contributed by atoms with Crippen molar-refractivity contribution >= 4 is 23.1 Å². The highest BCUT2D eigenvalue weighted by molar-refractivity contribution is 6.16. The molecule has 1 amide bonds. The second kappa shape index (κ2) is 8.30. The van der Waals surface area contributed by atoms with Crippen molar-refractivity contribution in [2.75, 3.05) is 22.9 Å². The zero-order valence-electron chi connectivity index (χ0n) is 17.4. The Kier molecular flexibility index (Phi) is 5.57. The van der Waals surface area contributed by atoms with Crippen LogP contribution in [0.1, 0.15) is 44.7 Å². The number of aliphatic hydroxyl groups excluding tert-OH is 1. The molecule has 2 aromatic rings. The van der Waals surface area contributed by atoms with E-state index in [1.807, 2.05) is 24.3 Å². The fraction of sp³-hybridized carbons (Fsp3) is 0.375. The van der Waals surface area contributed by atoms with Crippen LogP contribution in [0.2, 0.25) is 0 Å². The lowest BCUT2D eigenvalue weighted by atomic mass is 9.91. The normalized spacial score (nSPS) is 19.7. The quantitative estimate of drug-likeness (QED) is 0.807. The summed E-state index contributed by atoms with van der Waals surface area (Å²) < 4.78 is 0. The molecule has 0 radical (unpaired) electrons. The SMILES string of the molecule is CC(C)C(=O)C1=C(O)C(=O)N(c2ccc(N3CCCCC3)cc2)C1c1ccncc1. The molecule has 1 saturated heterocycles. The third-order valence-electron chi connectivity index (χ3n) is 5.87. The number of rotatable bonds is 5. The lowest BCUT2D eigenvalue weighted by molar-refractivity contribution is -0.119. The van der Waals surface area contributed by atoms with Crippen LogP contribution in [0.3, 0.4) is 0 Å². The topological polar surface area (TPSA) is 73.7 Å². The maximum Gasteiger partial charge on any atom is 0.294 e. The molecule has 0 saturated carbocycles. The number of ketones is 1. The van der Waals surface area contributed by atoms with Crippen LogP contribution >= 0.6 is 0 Å². The van der Waals surface area contributed by atoms with Gasteiger partial charge in [0, 0.05) is 42.8 Å². The Morgan fingerprint density at radius 1 is 1.00 bits per heavy atom. The number of carbonyl (C=O) groups excluding carboxylic acids is 2. The van der Waals surface area contributed by atoms with Crippen molar-refractivity contribution in [1.29, 1.82) is 0 Å². The fourth-order valence-electron chi connectivity index (χ4n) is 4.27. The number of pyridine rings is 1. The molecule has 6 nitrogen and oxygen atoms in total. The van der Waals surface area contributed by atoms with Crippen LogP contribution in [0.4, 0.5) is 11.4 Å². The summed E-state index contributed by atoms with van der Waals surface area (Å²) in [7, 11) is 0. The molecule has 30 heavy (non-hydrogen) atoms. The highest BCUT2D eigenvalue weighted by Gasteiger charge is 2.44. The van der Waals surface area contributed by atoms with Gasteiger partial charge >= 0.3 is 0 Å². The number of nitrogens with zero attached hydrogens (tertiary/aromatic N) is 3. The van der Waals surface area contributed by atoms with E-state index < -0.39 is 17.7 Å². The average molecular weight is 405 g/mol. The molecule has 1 aromatic heterocycles. The Morgan fingerprint density at radius 2 is 1.60 bits per heavy atom. The fourth-order valence-corrected chi connectivity index (χ4v) is 4.27. The molecule has 6 heteroatoms. The van der Waals surface area contributed by atoms with E-state index in [2.05, 4.69) is 9.88 Å². The minimum atomic E-state index is -0.670. The molecular weight excluding hydrogens is 378 g/mol. The maximum atomic E-state index is 13.1. The number of aromatic nitrogens is 1. The number of benzene rings is 1. The molecule has 1 unspecified atom stereocenters. The first-order chi connectivity index (χ1) is 14.5. The van der Waals surface area contributed by atoms with E-state index in [4.69, 9.17) is 0 Å². The van der Waals surface area contributed by atoms with Gasteiger partial charge in [-0.1, -0.05) is 13.8 Å². The molecule has 0 bridgehead atoms. The minimum absolute atomic E-state index is 0.154. The Labute approximate surface area is 176 Å². The Balaban J connectivity index is 1.72. The third-order valence-corrected chi connectivity index (χ3v) is 5.87. The molecule has 1 N–H and O–H groups in total. The number of amides is 1. The summed E-state index contributed by atoms with van der Waals surface area (Å²) in [6, 6.07) is 10.7. The lowest BCUT2D eigenvalue weighted by Gasteiger charge is -2.30. The Morgan fingerprint density at radius 3 is 2.20 bits per heavy atom. The van der Waals surface area contributed by atoms with Crippen LogP contribution < -0.4 is 9.80 Å². The second-order valence-corrected chi connectivity index (χ2v) is 8.20. The largest absolute Gasteiger partial charge is 0.503 e. The Bertz CT molecular complexity index is 961. The predicted octanol–water partition coefficient (Wildman–Crippen LogP) is 4.20. The molecule has 0 aliphatic carbocycles. The number of aliphatic hydroxyl groups is 1. The van der Waals surface area contributed by atoms with E-state index >= 15 is 0 Å². The molecule has 1 aromatic carbocycles. The standard InChI is InChI=1S/C24H27N3O3/c1-16(2)22(28)20-21(17-10-12-25-13-11-17)27(24(30)23(20)29)19-8-6-18(7-9-19)26-14-4-3-5-15-26/h6-13,16,21,29H,3-5,14-15H2,1-2H3. The molecule has 0 spiro atoms.